The van der Waals surface area contributed by atoms with Gasteiger partial charge in [0.05, 0.1) is 17.7 Å². The number of nitro benzene ring substituents is 1. The maximum atomic E-state index is 12.1. The van der Waals surface area contributed by atoms with Crippen molar-refractivity contribution >= 4 is 29.4 Å². The van der Waals surface area contributed by atoms with Gasteiger partial charge in [-0.05, 0) is 37.3 Å². The number of nitro groups is 1. The molecule has 34 heavy (non-hydrogen) atoms. The Hall–Kier alpha value is -4.27. The third-order valence-electron chi connectivity index (χ3n) is 4.38. The van der Waals surface area contributed by atoms with Gasteiger partial charge in [0.2, 0.25) is 5.88 Å². The van der Waals surface area contributed by atoms with E-state index in [4.69, 9.17) is 25.5 Å². The summed E-state index contributed by atoms with van der Waals surface area (Å²) >= 11 is 5.93. The number of ether oxygens (including phenoxy) is 2. The fourth-order valence-electron chi connectivity index (χ4n) is 2.92. The van der Waals surface area contributed by atoms with Crippen molar-refractivity contribution in [1.29, 1.82) is 5.26 Å². The molecule has 0 aliphatic carbocycles. The summed E-state index contributed by atoms with van der Waals surface area (Å²) in [5.74, 6) is 0.188. The molecule has 0 atom stereocenters. The topological polar surface area (TPSA) is 153 Å². The van der Waals surface area contributed by atoms with Gasteiger partial charge < -0.3 is 13.9 Å². The molecule has 2 heterocycles. The normalized spacial score (nSPS) is 10.8. The number of hydrogen-bond acceptors (Lipinski definition) is 9. The molecule has 0 fully saturated rings. The second kappa shape index (κ2) is 11.0. The molecule has 0 spiro atoms. The van der Waals surface area contributed by atoms with Crippen LogP contribution in [0.2, 0.25) is 5.02 Å². The van der Waals surface area contributed by atoms with Crippen LogP contribution in [0.1, 0.15) is 22.6 Å². The summed E-state index contributed by atoms with van der Waals surface area (Å²) in [6, 6.07) is 11.2. The van der Waals surface area contributed by atoms with Crippen LogP contribution in [-0.4, -0.2) is 35.7 Å². The Morgan fingerprint density at radius 2 is 2.18 bits per heavy atom. The second-order valence-electron chi connectivity index (χ2n) is 6.85. The molecule has 12 heteroatoms. The number of aromatic nitrogens is 1. The Bertz CT molecular complexity index is 1300. The van der Waals surface area contributed by atoms with Crippen LogP contribution >= 0.6 is 11.6 Å². The Balaban J connectivity index is 1.60. The summed E-state index contributed by atoms with van der Waals surface area (Å²) in [7, 11) is 1.51. The van der Waals surface area contributed by atoms with Crippen LogP contribution in [0.5, 0.6) is 5.88 Å². The number of amides is 1. The quantitative estimate of drug-likeness (QED) is 0.274. The molecule has 0 saturated heterocycles. The molecule has 0 aliphatic heterocycles. The van der Waals surface area contributed by atoms with Gasteiger partial charge in [-0.1, -0.05) is 11.6 Å². The van der Waals surface area contributed by atoms with Gasteiger partial charge in [-0.3, -0.25) is 14.9 Å². The number of aryl methyl sites for hydroxylation is 1. The van der Waals surface area contributed by atoms with Gasteiger partial charge in [-0.25, -0.2) is 10.4 Å². The Morgan fingerprint density at radius 3 is 2.85 bits per heavy atom. The number of nitrogens with one attached hydrogen (secondary N) is 1. The molecule has 3 rings (SSSR count). The van der Waals surface area contributed by atoms with E-state index in [-0.39, 0.29) is 28.8 Å². The number of halogens is 1. The van der Waals surface area contributed by atoms with Crippen LogP contribution < -0.4 is 10.2 Å². The van der Waals surface area contributed by atoms with E-state index in [0.29, 0.717) is 28.3 Å². The number of methoxy groups -OCH3 is 1. The van der Waals surface area contributed by atoms with Gasteiger partial charge in [0.1, 0.15) is 28.2 Å². The number of hydrazone groups is 1. The van der Waals surface area contributed by atoms with E-state index in [1.54, 1.807) is 25.1 Å². The molecule has 0 aliphatic rings. The third-order valence-corrected chi connectivity index (χ3v) is 4.69. The van der Waals surface area contributed by atoms with Crippen LogP contribution in [0.3, 0.4) is 0 Å². The lowest BCUT2D eigenvalue weighted by atomic mass is 10.1. The molecule has 0 radical (unpaired) electrons. The lowest BCUT2D eigenvalue weighted by Crippen LogP contribution is -2.25. The lowest BCUT2D eigenvalue weighted by molar-refractivity contribution is -0.384. The fourth-order valence-corrected chi connectivity index (χ4v) is 3.17. The van der Waals surface area contributed by atoms with E-state index in [9.17, 15) is 20.2 Å². The number of rotatable bonds is 9. The standard InChI is InChI=1S/C22H18ClN5O6/c1-13-7-15(11-32-2)17(9-24)22(26-13)33-12-21(29)27-25-10-16-4-6-20(34-16)14-3-5-19(28(30)31)18(23)8-14/h3-8,10H,11-12H2,1-2H3,(H,27,29). The largest absolute Gasteiger partial charge is 0.467 e. The van der Waals surface area contributed by atoms with Crippen LogP contribution in [0.25, 0.3) is 11.3 Å². The number of pyridine rings is 1. The smallest absolute Gasteiger partial charge is 0.287 e. The number of benzene rings is 1. The first-order valence-corrected chi connectivity index (χ1v) is 10.1. The monoisotopic (exact) mass is 483 g/mol. The molecule has 2 aromatic heterocycles. The zero-order valence-corrected chi connectivity index (χ0v) is 18.8. The third kappa shape index (κ3) is 5.94. The van der Waals surface area contributed by atoms with Crippen LogP contribution in [0, 0.1) is 28.4 Å². The molecule has 1 aromatic carbocycles. The number of carbonyl (C=O) groups is 1. The van der Waals surface area contributed by atoms with Crippen LogP contribution in [0.4, 0.5) is 5.69 Å². The average Bonchev–Trinajstić information content (AvgIpc) is 3.26. The molecule has 3 aromatic rings. The van der Waals surface area contributed by atoms with E-state index < -0.39 is 17.4 Å². The molecular weight excluding hydrogens is 466 g/mol. The zero-order valence-electron chi connectivity index (χ0n) is 18.1. The van der Waals surface area contributed by atoms with Gasteiger partial charge in [-0.2, -0.15) is 10.4 Å². The highest BCUT2D eigenvalue weighted by atomic mass is 35.5. The Labute approximate surface area is 198 Å². The summed E-state index contributed by atoms with van der Waals surface area (Å²) in [5.41, 5.74) is 4.03. The number of furan rings is 1. The molecule has 1 amide bonds. The van der Waals surface area contributed by atoms with Crippen molar-refractivity contribution in [3.8, 4) is 23.3 Å². The zero-order chi connectivity index (χ0) is 24.7. The van der Waals surface area contributed by atoms with E-state index in [2.05, 4.69) is 15.5 Å². The van der Waals surface area contributed by atoms with Crippen molar-refractivity contribution in [3.05, 3.63) is 74.1 Å². The second-order valence-corrected chi connectivity index (χ2v) is 7.26. The van der Waals surface area contributed by atoms with E-state index in [1.807, 2.05) is 6.07 Å². The predicted octanol–water partition coefficient (Wildman–Crippen LogP) is 3.76. The van der Waals surface area contributed by atoms with E-state index >= 15 is 0 Å². The Kier molecular flexibility index (Phi) is 7.92. The summed E-state index contributed by atoms with van der Waals surface area (Å²) in [5, 5.41) is 24.1. The Morgan fingerprint density at radius 1 is 1.38 bits per heavy atom. The van der Waals surface area contributed by atoms with Crippen molar-refractivity contribution in [2.75, 3.05) is 13.7 Å². The number of carbonyl (C=O) groups excluding carboxylic acids is 1. The summed E-state index contributed by atoms with van der Waals surface area (Å²) in [6.07, 6.45) is 1.27. The first-order valence-electron chi connectivity index (χ1n) is 9.70. The lowest BCUT2D eigenvalue weighted by Gasteiger charge is -2.10. The summed E-state index contributed by atoms with van der Waals surface area (Å²) in [6.45, 7) is 1.52. The van der Waals surface area contributed by atoms with Gasteiger partial charge >= 0.3 is 0 Å². The highest BCUT2D eigenvalue weighted by Gasteiger charge is 2.15. The predicted molar refractivity (Wildman–Crippen MR) is 121 cm³/mol. The highest BCUT2D eigenvalue weighted by Crippen LogP contribution is 2.30. The molecule has 0 saturated carbocycles. The van der Waals surface area contributed by atoms with Crippen molar-refractivity contribution < 1.29 is 23.6 Å². The minimum atomic E-state index is -0.578. The summed E-state index contributed by atoms with van der Waals surface area (Å²) < 4.78 is 16.1. The van der Waals surface area contributed by atoms with Crippen molar-refractivity contribution in [2.24, 2.45) is 5.10 Å². The molecular formula is C22H18ClN5O6. The number of hydrogen-bond donors (Lipinski definition) is 1. The van der Waals surface area contributed by atoms with Crippen LogP contribution in [0.15, 0.2) is 45.9 Å². The molecule has 174 valence electrons. The minimum absolute atomic E-state index is 0.0154. The van der Waals surface area contributed by atoms with Gasteiger partial charge in [0.15, 0.2) is 6.61 Å². The number of nitriles is 1. The fraction of sp³-hybridized carbons (Fsp3) is 0.182. The summed E-state index contributed by atoms with van der Waals surface area (Å²) in [4.78, 5) is 26.5. The molecule has 0 unspecified atom stereocenters. The molecule has 11 nitrogen and oxygen atoms in total. The highest BCUT2D eigenvalue weighted by molar-refractivity contribution is 6.32. The van der Waals surface area contributed by atoms with Crippen molar-refractivity contribution in [1.82, 2.24) is 10.4 Å². The van der Waals surface area contributed by atoms with Crippen molar-refractivity contribution in [2.45, 2.75) is 13.5 Å². The van der Waals surface area contributed by atoms with Crippen LogP contribution in [-0.2, 0) is 16.1 Å². The number of nitrogens with zero attached hydrogens (tertiary/aromatic N) is 4. The van der Waals surface area contributed by atoms with Gasteiger partial charge in [0, 0.05) is 30.0 Å². The first-order chi connectivity index (χ1) is 16.3. The van der Waals surface area contributed by atoms with Gasteiger partial charge in [0.25, 0.3) is 11.6 Å². The SMILES string of the molecule is COCc1cc(C)nc(OCC(=O)NN=Cc2ccc(-c3ccc([N+](=O)[O-])c(Cl)c3)o2)c1C#N. The molecule has 0 bridgehead atoms. The van der Waals surface area contributed by atoms with Crippen molar-refractivity contribution in [3.63, 3.8) is 0 Å². The van der Waals surface area contributed by atoms with Gasteiger partial charge in [-0.15, -0.1) is 0 Å². The van der Waals surface area contributed by atoms with E-state index in [0.717, 1.165) is 0 Å². The first kappa shape index (κ1) is 24.4. The minimum Gasteiger partial charge on any atom is -0.467 e. The molecule has 1 N–H and O–H groups in total. The maximum Gasteiger partial charge on any atom is 0.287 e. The maximum absolute atomic E-state index is 12.1. The average molecular weight is 484 g/mol. The van der Waals surface area contributed by atoms with E-state index in [1.165, 1.54) is 31.5 Å².